The van der Waals surface area contributed by atoms with Crippen molar-refractivity contribution in [3.8, 4) is 0 Å². The van der Waals surface area contributed by atoms with Crippen LogP contribution in [-0.2, 0) is 24.1 Å². The standard InChI is InChI=1S/C12H18F3N5O/c1-2-3-4-8(16)10(21)19-5-6-20-9(7-19)17-18-11(20)12(13,14)15/h8H,2-7,16H2,1H3. The second-order valence-corrected chi connectivity index (χ2v) is 5.10. The van der Waals surface area contributed by atoms with Crippen molar-refractivity contribution < 1.29 is 18.0 Å². The highest BCUT2D eigenvalue weighted by molar-refractivity contribution is 5.81. The fraction of sp³-hybridized carbons (Fsp3) is 0.750. The van der Waals surface area contributed by atoms with E-state index >= 15 is 0 Å². The van der Waals surface area contributed by atoms with E-state index in [1.165, 1.54) is 4.90 Å². The summed E-state index contributed by atoms with van der Waals surface area (Å²) < 4.78 is 39.1. The normalized spacial score (nSPS) is 16.7. The molecule has 118 valence electrons. The number of nitrogens with two attached hydrogens (primary N) is 1. The SMILES string of the molecule is CCCCC(N)C(=O)N1CCn2c(nnc2C(F)(F)F)C1. The second-order valence-electron chi connectivity index (χ2n) is 5.10. The minimum Gasteiger partial charge on any atom is -0.332 e. The number of hydrogen-bond donors (Lipinski definition) is 1. The second kappa shape index (κ2) is 6.00. The van der Waals surface area contributed by atoms with E-state index in [2.05, 4.69) is 10.2 Å². The van der Waals surface area contributed by atoms with Crippen molar-refractivity contribution in [1.29, 1.82) is 0 Å². The van der Waals surface area contributed by atoms with Gasteiger partial charge in [-0.2, -0.15) is 13.2 Å². The monoisotopic (exact) mass is 305 g/mol. The molecule has 1 amide bonds. The van der Waals surface area contributed by atoms with Crippen LogP contribution in [0.2, 0.25) is 0 Å². The van der Waals surface area contributed by atoms with Gasteiger partial charge in [-0.05, 0) is 6.42 Å². The lowest BCUT2D eigenvalue weighted by Crippen LogP contribution is -2.47. The molecule has 0 saturated carbocycles. The zero-order chi connectivity index (χ0) is 15.6. The average molecular weight is 305 g/mol. The largest absolute Gasteiger partial charge is 0.451 e. The molecule has 1 aromatic rings. The van der Waals surface area contributed by atoms with Gasteiger partial charge in [-0.25, -0.2) is 0 Å². The summed E-state index contributed by atoms with van der Waals surface area (Å²) >= 11 is 0. The van der Waals surface area contributed by atoms with Gasteiger partial charge in [0.05, 0.1) is 12.6 Å². The molecule has 1 aromatic heterocycles. The average Bonchev–Trinajstić information content (AvgIpc) is 2.86. The van der Waals surface area contributed by atoms with Crippen LogP contribution < -0.4 is 5.73 Å². The quantitative estimate of drug-likeness (QED) is 0.905. The molecule has 0 fully saturated rings. The third kappa shape index (κ3) is 3.34. The van der Waals surface area contributed by atoms with Crippen LogP contribution in [0, 0.1) is 0 Å². The molecule has 1 aliphatic heterocycles. The summed E-state index contributed by atoms with van der Waals surface area (Å²) in [6.45, 7) is 2.23. The molecule has 0 bridgehead atoms. The van der Waals surface area contributed by atoms with Crippen LogP contribution in [0.25, 0.3) is 0 Å². The summed E-state index contributed by atoms with van der Waals surface area (Å²) in [6.07, 6.45) is -2.18. The van der Waals surface area contributed by atoms with Crippen LogP contribution in [0.15, 0.2) is 0 Å². The zero-order valence-corrected chi connectivity index (χ0v) is 11.7. The number of halogens is 3. The Morgan fingerprint density at radius 3 is 2.71 bits per heavy atom. The van der Waals surface area contributed by atoms with Gasteiger partial charge >= 0.3 is 6.18 Å². The maximum absolute atomic E-state index is 12.7. The van der Waals surface area contributed by atoms with E-state index in [4.69, 9.17) is 5.73 Å². The van der Waals surface area contributed by atoms with E-state index in [0.717, 1.165) is 17.4 Å². The van der Waals surface area contributed by atoms with Gasteiger partial charge in [0.15, 0.2) is 5.82 Å². The van der Waals surface area contributed by atoms with Crippen LogP contribution in [0.4, 0.5) is 13.2 Å². The number of aromatic nitrogens is 3. The first kappa shape index (κ1) is 15.7. The Kier molecular flexibility index (Phi) is 4.50. The predicted octanol–water partition coefficient (Wildman–Crippen LogP) is 1.16. The number of hydrogen-bond acceptors (Lipinski definition) is 4. The van der Waals surface area contributed by atoms with Crippen molar-refractivity contribution in [3.63, 3.8) is 0 Å². The van der Waals surface area contributed by atoms with Gasteiger partial charge in [-0.3, -0.25) is 4.79 Å². The molecule has 0 saturated heterocycles. The lowest BCUT2D eigenvalue weighted by atomic mass is 10.1. The molecule has 9 heteroatoms. The van der Waals surface area contributed by atoms with Gasteiger partial charge in [0, 0.05) is 13.1 Å². The number of rotatable bonds is 4. The van der Waals surface area contributed by atoms with E-state index in [1.54, 1.807) is 0 Å². The van der Waals surface area contributed by atoms with Gasteiger partial charge in [-0.15, -0.1) is 10.2 Å². The number of nitrogens with zero attached hydrogens (tertiary/aromatic N) is 4. The summed E-state index contributed by atoms with van der Waals surface area (Å²) in [5.41, 5.74) is 5.81. The Hall–Kier alpha value is -1.64. The summed E-state index contributed by atoms with van der Waals surface area (Å²) in [6, 6.07) is -0.610. The summed E-state index contributed by atoms with van der Waals surface area (Å²) in [7, 11) is 0. The first-order valence-electron chi connectivity index (χ1n) is 6.88. The molecule has 0 radical (unpaired) electrons. The Balaban J connectivity index is 2.07. The van der Waals surface area contributed by atoms with Crippen molar-refractivity contribution >= 4 is 5.91 Å². The fourth-order valence-electron chi connectivity index (χ4n) is 2.34. The van der Waals surface area contributed by atoms with Crippen molar-refractivity contribution in [2.75, 3.05) is 6.54 Å². The molecule has 0 aliphatic carbocycles. The van der Waals surface area contributed by atoms with Gasteiger partial charge in [-0.1, -0.05) is 19.8 Å². The van der Waals surface area contributed by atoms with Crippen LogP contribution in [0.1, 0.15) is 37.8 Å². The minimum atomic E-state index is -4.53. The number of carbonyl (C=O) groups is 1. The molecular formula is C12H18F3N5O. The Morgan fingerprint density at radius 1 is 1.38 bits per heavy atom. The lowest BCUT2D eigenvalue weighted by molar-refractivity contribution is -0.148. The highest BCUT2D eigenvalue weighted by Crippen LogP contribution is 2.29. The van der Waals surface area contributed by atoms with E-state index < -0.39 is 18.0 Å². The molecule has 0 spiro atoms. The molecule has 0 aromatic carbocycles. The highest BCUT2D eigenvalue weighted by atomic mass is 19.4. The van der Waals surface area contributed by atoms with Gasteiger partial charge < -0.3 is 15.2 Å². The molecule has 6 nitrogen and oxygen atoms in total. The Bertz CT molecular complexity index is 513. The topological polar surface area (TPSA) is 77.0 Å². The number of unbranched alkanes of at least 4 members (excludes halogenated alkanes) is 1. The molecule has 1 aliphatic rings. The van der Waals surface area contributed by atoms with E-state index in [-0.39, 0.29) is 31.4 Å². The molecule has 1 unspecified atom stereocenters. The predicted molar refractivity (Wildman–Crippen MR) is 67.9 cm³/mol. The lowest BCUT2D eigenvalue weighted by Gasteiger charge is -2.30. The summed E-state index contributed by atoms with van der Waals surface area (Å²) in [5, 5.41) is 6.71. The van der Waals surface area contributed by atoms with E-state index in [0.29, 0.717) is 6.42 Å². The first-order valence-corrected chi connectivity index (χ1v) is 6.88. The highest BCUT2D eigenvalue weighted by Gasteiger charge is 2.40. The van der Waals surface area contributed by atoms with Crippen molar-refractivity contribution in [3.05, 3.63) is 11.6 Å². The smallest absolute Gasteiger partial charge is 0.332 e. The van der Waals surface area contributed by atoms with Crippen LogP contribution in [0.5, 0.6) is 0 Å². The third-order valence-corrected chi connectivity index (χ3v) is 3.50. The van der Waals surface area contributed by atoms with Crippen LogP contribution >= 0.6 is 0 Å². The minimum absolute atomic E-state index is 0.0156. The maximum atomic E-state index is 12.7. The number of carbonyl (C=O) groups excluding carboxylic acids is 1. The third-order valence-electron chi connectivity index (χ3n) is 3.50. The van der Waals surface area contributed by atoms with Gasteiger partial charge in [0.1, 0.15) is 0 Å². The van der Waals surface area contributed by atoms with Gasteiger partial charge in [0.25, 0.3) is 0 Å². The molecule has 2 heterocycles. The van der Waals surface area contributed by atoms with Crippen molar-refractivity contribution in [2.24, 2.45) is 5.73 Å². The molecule has 2 N–H and O–H groups in total. The molecule has 21 heavy (non-hydrogen) atoms. The molecule has 1 atom stereocenters. The van der Waals surface area contributed by atoms with Gasteiger partial charge in [0.2, 0.25) is 11.7 Å². The van der Waals surface area contributed by atoms with Crippen molar-refractivity contribution in [2.45, 2.75) is 51.5 Å². The number of alkyl halides is 3. The summed E-state index contributed by atoms with van der Waals surface area (Å²) in [5.74, 6) is -1.12. The Morgan fingerprint density at radius 2 is 2.10 bits per heavy atom. The zero-order valence-electron chi connectivity index (χ0n) is 11.7. The van der Waals surface area contributed by atoms with Crippen molar-refractivity contribution in [1.82, 2.24) is 19.7 Å². The van der Waals surface area contributed by atoms with E-state index in [9.17, 15) is 18.0 Å². The molecule has 2 rings (SSSR count). The first-order chi connectivity index (χ1) is 9.84. The summed E-state index contributed by atoms with van der Waals surface area (Å²) in [4.78, 5) is 13.6. The fourth-order valence-corrected chi connectivity index (χ4v) is 2.34. The Labute approximate surface area is 120 Å². The van der Waals surface area contributed by atoms with Crippen LogP contribution in [-0.4, -0.2) is 38.2 Å². The number of fused-ring (bicyclic) bond motifs is 1. The maximum Gasteiger partial charge on any atom is 0.451 e. The van der Waals surface area contributed by atoms with E-state index in [1.807, 2.05) is 6.92 Å². The van der Waals surface area contributed by atoms with Crippen LogP contribution in [0.3, 0.4) is 0 Å². The molecular weight excluding hydrogens is 287 g/mol. The number of amides is 1.